The van der Waals surface area contributed by atoms with Gasteiger partial charge in [0.25, 0.3) is 0 Å². The van der Waals surface area contributed by atoms with Crippen LogP contribution in [-0.4, -0.2) is 18.0 Å². The maximum absolute atomic E-state index is 11.7. The zero-order chi connectivity index (χ0) is 78.2. The topological polar surface area (TPSA) is 225 Å². The highest BCUT2D eigenvalue weighted by atomic mass is 16.1. The number of nitrogen functional groups attached to an aromatic ring is 2. The third-order valence-corrected chi connectivity index (χ3v) is 17.0. The molecule has 107 heavy (non-hydrogen) atoms. The summed E-state index contributed by atoms with van der Waals surface area (Å²) < 4.78 is 0. The fourth-order valence-corrected chi connectivity index (χ4v) is 11.3. The van der Waals surface area contributed by atoms with Crippen LogP contribution in [0.1, 0.15) is 148 Å². The van der Waals surface area contributed by atoms with E-state index in [1.165, 1.54) is 44.6 Å². The van der Waals surface area contributed by atoms with E-state index in [-0.39, 0.29) is 23.8 Å². The van der Waals surface area contributed by atoms with Crippen molar-refractivity contribution in [1.82, 2.24) is 0 Å². The van der Waals surface area contributed by atoms with Crippen molar-refractivity contribution < 1.29 is 14.4 Å². The van der Waals surface area contributed by atoms with Crippen molar-refractivity contribution in [1.29, 1.82) is 10.5 Å². The molecule has 0 aromatic heterocycles. The van der Waals surface area contributed by atoms with Crippen molar-refractivity contribution in [3.8, 4) is 12.1 Å². The van der Waals surface area contributed by atoms with Crippen LogP contribution in [0.25, 0.3) is 0 Å². The van der Waals surface area contributed by atoms with Crippen molar-refractivity contribution in [2.45, 2.75) is 121 Å². The molecule has 0 heterocycles. The molecule has 12 rings (SSSR count). The SMILES string of the molecule is CC(=O)c1ccccc1C.Cc1cccc(N)c1.Cc1cccc(N)c1.Cc1cccc(NC(C#N)c2ccccc2C)c1.Cc1cccc(NC(C#N)c2ccccc2C)c1.Cc1cccc(NC(C(N)=O)c2ccccc2C)c1.Cc1cccc(NC(C)c2ccccc2C)c1.Cc1ccccc1C=O. The summed E-state index contributed by atoms with van der Waals surface area (Å²) >= 11 is 0. The molecule has 0 radical (unpaired) electrons. The van der Waals surface area contributed by atoms with Crippen LogP contribution >= 0.6 is 0 Å². The molecule has 0 spiro atoms. The molecule has 4 unspecified atom stereocenters. The van der Waals surface area contributed by atoms with Crippen LogP contribution in [0.5, 0.6) is 0 Å². The Balaban J connectivity index is 0.000000224. The highest BCUT2D eigenvalue weighted by Gasteiger charge is 2.20. The van der Waals surface area contributed by atoms with Crippen molar-refractivity contribution in [3.63, 3.8) is 0 Å². The van der Waals surface area contributed by atoms with E-state index in [1.807, 2.05) is 312 Å². The molecule has 0 bridgehead atoms. The molecular weight excluding hydrogens is 1320 g/mol. The third-order valence-electron chi connectivity index (χ3n) is 17.0. The van der Waals surface area contributed by atoms with Gasteiger partial charge in [0.1, 0.15) is 24.4 Å². The summed E-state index contributed by atoms with van der Waals surface area (Å²) in [5.74, 6) is -0.242. The number of nitrogens with one attached hydrogen (secondary N) is 4. The predicted molar refractivity (Wildman–Crippen MR) is 450 cm³/mol. The lowest BCUT2D eigenvalue weighted by Crippen LogP contribution is -2.28. The Morgan fingerprint density at radius 1 is 0.346 bits per heavy atom. The van der Waals surface area contributed by atoms with Gasteiger partial charge in [-0.25, -0.2) is 0 Å². The van der Waals surface area contributed by atoms with Crippen LogP contribution in [0.3, 0.4) is 0 Å². The largest absolute Gasteiger partial charge is 0.399 e. The second-order valence-electron chi connectivity index (χ2n) is 26.3. The molecular formula is C95H105N9O3. The molecule has 12 aromatic rings. The summed E-state index contributed by atoms with van der Waals surface area (Å²) in [5, 5.41) is 31.9. The van der Waals surface area contributed by atoms with Crippen molar-refractivity contribution in [2.75, 3.05) is 32.7 Å². The molecule has 0 saturated heterocycles. The minimum atomic E-state index is -0.511. The summed E-state index contributed by atoms with van der Waals surface area (Å²) in [4.78, 5) is 32.8. The van der Waals surface area contributed by atoms with Crippen LogP contribution in [-0.2, 0) is 4.79 Å². The molecule has 12 aromatic carbocycles. The highest BCUT2D eigenvalue weighted by molar-refractivity contribution is 5.95. The van der Waals surface area contributed by atoms with Gasteiger partial charge in [0.15, 0.2) is 5.78 Å². The Kier molecular flexibility index (Phi) is 36.0. The molecule has 0 aliphatic rings. The number of anilines is 6. The normalized spacial score (nSPS) is 11.0. The summed E-state index contributed by atoms with van der Waals surface area (Å²) in [6.07, 6.45) is 0.870. The van der Waals surface area contributed by atoms with Gasteiger partial charge in [0, 0.05) is 51.3 Å². The minimum Gasteiger partial charge on any atom is -0.399 e. The van der Waals surface area contributed by atoms with Crippen LogP contribution in [0.2, 0.25) is 0 Å². The van der Waals surface area contributed by atoms with Crippen molar-refractivity contribution in [3.05, 3.63) is 391 Å². The number of carbonyl (C=O) groups is 3. The van der Waals surface area contributed by atoms with Crippen LogP contribution in [0.15, 0.2) is 291 Å². The Labute approximate surface area is 636 Å². The van der Waals surface area contributed by atoms with Crippen molar-refractivity contribution in [2.24, 2.45) is 5.73 Å². The Morgan fingerprint density at radius 3 is 0.925 bits per heavy atom. The van der Waals surface area contributed by atoms with E-state index in [0.717, 1.165) is 95.9 Å². The molecule has 12 nitrogen and oxygen atoms in total. The van der Waals surface area contributed by atoms with E-state index >= 15 is 0 Å². The first-order valence-electron chi connectivity index (χ1n) is 35.6. The van der Waals surface area contributed by atoms with Crippen molar-refractivity contribution >= 4 is 52.1 Å². The summed E-state index contributed by atoms with van der Waals surface area (Å²) in [6.45, 7) is 28.1. The van der Waals surface area contributed by atoms with E-state index in [2.05, 4.69) is 103 Å². The molecule has 0 saturated carbocycles. The Bertz CT molecular complexity index is 4670. The summed E-state index contributed by atoms with van der Waals surface area (Å²) in [5.41, 5.74) is 42.0. The van der Waals surface area contributed by atoms with Gasteiger partial charge in [-0.3, -0.25) is 14.4 Å². The number of Topliss-reactive ketones (excluding diaryl/α,β-unsaturated/α-hetero) is 1. The molecule has 12 heteroatoms. The summed E-state index contributed by atoms with van der Waals surface area (Å²) in [6, 6.07) is 99.2. The van der Waals surface area contributed by atoms with E-state index in [0.29, 0.717) is 6.04 Å². The monoisotopic (exact) mass is 1420 g/mol. The van der Waals surface area contributed by atoms with Gasteiger partial charge in [-0.15, -0.1) is 0 Å². The first-order chi connectivity index (χ1) is 51.3. The third kappa shape index (κ3) is 30.6. The highest BCUT2D eigenvalue weighted by Crippen LogP contribution is 2.27. The van der Waals surface area contributed by atoms with Gasteiger partial charge >= 0.3 is 0 Å². The number of hydrogen-bond donors (Lipinski definition) is 7. The summed E-state index contributed by atoms with van der Waals surface area (Å²) in [7, 11) is 0. The molecule has 0 aliphatic heterocycles. The number of amides is 1. The van der Waals surface area contributed by atoms with Gasteiger partial charge in [0.2, 0.25) is 5.91 Å². The average Bonchev–Trinajstić information content (AvgIpc) is 0.853. The Hall–Kier alpha value is -12.8. The zero-order valence-corrected chi connectivity index (χ0v) is 64.5. The quantitative estimate of drug-likeness (QED) is 0.0290. The second-order valence-corrected chi connectivity index (χ2v) is 26.3. The number of nitrogens with zero attached hydrogens (tertiary/aromatic N) is 2. The Morgan fingerprint density at radius 2 is 0.645 bits per heavy atom. The fourth-order valence-electron chi connectivity index (χ4n) is 11.3. The lowest BCUT2D eigenvalue weighted by molar-refractivity contribution is -0.118. The zero-order valence-electron chi connectivity index (χ0n) is 64.5. The predicted octanol–water partition coefficient (Wildman–Crippen LogP) is 22.5. The lowest BCUT2D eigenvalue weighted by atomic mass is 10.0. The molecule has 1 amide bonds. The molecule has 0 aliphatic carbocycles. The smallest absolute Gasteiger partial charge is 0.244 e. The van der Waals surface area contributed by atoms with Gasteiger partial charge < -0.3 is 38.5 Å². The lowest BCUT2D eigenvalue weighted by Gasteiger charge is -2.19. The number of carbonyl (C=O) groups excluding carboxylic acids is 3. The maximum atomic E-state index is 11.7. The number of aldehydes is 1. The number of nitriles is 2. The second kappa shape index (κ2) is 45.4. The van der Waals surface area contributed by atoms with Crippen LogP contribution < -0.4 is 38.5 Å². The molecule has 548 valence electrons. The number of ketones is 1. The van der Waals surface area contributed by atoms with E-state index < -0.39 is 6.04 Å². The first kappa shape index (κ1) is 84.9. The average molecular weight is 1420 g/mol. The number of benzene rings is 12. The number of aryl methyl sites for hydroxylation is 12. The van der Waals surface area contributed by atoms with Crippen LogP contribution in [0, 0.1) is 106 Å². The van der Waals surface area contributed by atoms with Crippen LogP contribution in [0.4, 0.5) is 34.1 Å². The number of rotatable bonds is 15. The minimum absolute atomic E-state index is 0.137. The van der Waals surface area contributed by atoms with Gasteiger partial charge in [-0.2, -0.15) is 10.5 Å². The number of hydrogen-bond acceptors (Lipinski definition) is 11. The van der Waals surface area contributed by atoms with Gasteiger partial charge in [-0.1, -0.05) is 218 Å². The standard InChI is InChI=1S/C16H18N2O.2C16H16N2.C16H19N.C9H10O.C8H8O.2C7H9N/c1-11-6-5-8-13(10-11)18-15(16(17)19)14-9-4-3-7-12(14)2;2*1-12-6-5-8-14(10-12)18-16(11-17)15-9-4-3-7-13(15)2;1-12-7-6-9-15(11-12)17-14(3)16-10-5-4-8-13(16)2;1-7-5-3-4-6-9(7)8(2)10;1-7-4-2-3-5-8(7)6-9;2*1-6-3-2-4-7(8)5-6/h3-10,15,18H,1-2H3,(H2,17,19);2*3-10,16,18H,1-2H3;4-11,14,17H,1-3H3;3-6H,1-2H3;2-6H,1H3;2*2-5H,8H2,1H3. The maximum Gasteiger partial charge on any atom is 0.244 e. The van der Waals surface area contributed by atoms with E-state index in [4.69, 9.17) is 17.2 Å². The molecule has 10 N–H and O–H groups in total. The van der Waals surface area contributed by atoms with E-state index in [1.54, 1.807) is 6.92 Å². The molecule has 0 fully saturated rings. The first-order valence-corrected chi connectivity index (χ1v) is 35.6. The van der Waals surface area contributed by atoms with Gasteiger partial charge in [-0.05, 0) is 259 Å². The number of nitrogens with two attached hydrogens (primary N) is 3. The number of primary amides is 1. The van der Waals surface area contributed by atoms with Gasteiger partial charge in [0.05, 0.1) is 12.1 Å². The fraction of sp³-hybridized carbons (Fsp3) is 0.189. The van der Waals surface area contributed by atoms with E-state index in [9.17, 15) is 24.9 Å². The molecule has 4 atom stereocenters.